The zero-order valence-electron chi connectivity index (χ0n) is 5.98. The highest BCUT2D eigenvalue weighted by atomic mass is 32.1. The molecule has 0 radical (unpaired) electrons. The predicted molar refractivity (Wildman–Crippen MR) is 47.3 cm³/mol. The zero-order chi connectivity index (χ0) is 9.30. The number of rotatable bonds is 1. The van der Waals surface area contributed by atoms with Gasteiger partial charge in [0.2, 0.25) is 5.75 Å². The third kappa shape index (κ3) is 1.26. The number of nitrogens with two attached hydrogens (primary N) is 1. The van der Waals surface area contributed by atoms with Crippen LogP contribution in [0.2, 0.25) is 0 Å². The first kappa shape index (κ1) is 8.61. The van der Waals surface area contributed by atoms with E-state index in [4.69, 9.17) is 15.9 Å². The molecule has 0 heterocycles. The molecule has 5 heteroatoms. The highest BCUT2D eigenvalue weighted by Crippen LogP contribution is 2.36. The summed E-state index contributed by atoms with van der Waals surface area (Å²) in [5.74, 6) is -1.52. The molecule has 0 saturated carbocycles. The molecule has 0 aromatic heterocycles. The van der Waals surface area contributed by atoms with Crippen LogP contribution < -0.4 is 5.73 Å². The number of hydrogen-bond acceptors (Lipinski definition) is 4. The Morgan fingerprint density at radius 1 is 1.17 bits per heavy atom. The lowest BCUT2D eigenvalue weighted by atomic mass is 10.2. The van der Waals surface area contributed by atoms with Crippen molar-refractivity contribution in [3.63, 3.8) is 0 Å². The van der Waals surface area contributed by atoms with Gasteiger partial charge in [-0.15, -0.1) is 0 Å². The number of phenols is 3. The Morgan fingerprint density at radius 2 is 1.75 bits per heavy atom. The molecule has 0 amide bonds. The van der Waals surface area contributed by atoms with Gasteiger partial charge in [0.05, 0.1) is 5.56 Å². The van der Waals surface area contributed by atoms with Crippen LogP contribution >= 0.6 is 12.2 Å². The second kappa shape index (κ2) is 2.86. The van der Waals surface area contributed by atoms with E-state index in [-0.39, 0.29) is 10.6 Å². The molecule has 4 nitrogen and oxygen atoms in total. The maximum atomic E-state index is 9.17. The fourth-order valence-electron chi connectivity index (χ4n) is 0.768. The maximum absolute atomic E-state index is 9.17. The molecule has 0 fully saturated rings. The van der Waals surface area contributed by atoms with Crippen LogP contribution in [0.15, 0.2) is 12.1 Å². The fraction of sp³-hybridized carbons (Fsp3) is 0. The number of aromatic hydroxyl groups is 3. The van der Waals surface area contributed by atoms with E-state index in [0.29, 0.717) is 0 Å². The van der Waals surface area contributed by atoms with Crippen molar-refractivity contribution in [2.24, 2.45) is 5.73 Å². The molecule has 0 unspecified atom stereocenters. The Morgan fingerprint density at radius 3 is 2.25 bits per heavy atom. The highest BCUT2D eigenvalue weighted by molar-refractivity contribution is 7.80. The van der Waals surface area contributed by atoms with Crippen LogP contribution in [0.3, 0.4) is 0 Å². The third-order valence-corrected chi connectivity index (χ3v) is 1.62. The van der Waals surface area contributed by atoms with Gasteiger partial charge >= 0.3 is 0 Å². The Kier molecular flexibility index (Phi) is 2.05. The minimum Gasteiger partial charge on any atom is -0.504 e. The van der Waals surface area contributed by atoms with Crippen molar-refractivity contribution < 1.29 is 15.3 Å². The van der Waals surface area contributed by atoms with Crippen LogP contribution in [0.4, 0.5) is 0 Å². The number of benzene rings is 1. The van der Waals surface area contributed by atoms with E-state index >= 15 is 0 Å². The fourth-order valence-corrected chi connectivity index (χ4v) is 0.933. The van der Waals surface area contributed by atoms with Crippen LogP contribution in [-0.4, -0.2) is 20.3 Å². The topological polar surface area (TPSA) is 86.7 Å². The summed E-state index contributed by atoms with van der Waals surface area (Å²) in [7, 11) is 0. The summed E-state index contributed by atoms with van der Waals surface area (Å²) in [5.41, 5.74) is 5.35. The lowest BCUT2D eigenvalue weighted by Crippen LogP contribution is -2.09. The van der Waals surface area contributed by atoms with E-state index < -0.39 is 17.2 Å². The first-order valence-corrected chi connectivity index (χ1v) is 3.48. The Bertz CT molecular complexity index is 338. The first-order valence-electron chi connectivity index (χ1n) is 3.07. The Labute approximate surface area is 73.9 Å². The SMILES string of the molecule is NC(=S)c1ccc(O)c(O)c1O. The van der Waals surface area contributed by atoms with Gasteiger partial charge < -0.3 is 21.1 Å². The summed E-state index contributed by atoms with van der Waals surface area (Å²) < 4.78 is 0. The van der Waals surface area contributed by atoms with Gasteiger partial charge in [0.15, 0.2) is 11.5 Å². The van der Waals surface area contributed by atoms with Gasteiger partial charge in [0.25, 0.3) is 0 Å². The Hall–Kier alpha value is -1.49. The normalized spacial score (nSPS) is 9.67. The molecule has 0 saturated heterocycles. The summed E-state index contributed by atoms with van der Waals surface area (Å²) in [4.78, 5) is -0.0391. The zero-order valence-corrected chi connectivity index (χ0v) is 6.80. The first-order chi connectivity index (χ1) is 5.54. The van der Waals surface area contributed by atoms with Gasteiger partial charge in [-0.3, -0.25) is 0 Å². The van der Waals surface area contributed by atoms with Gasteiger partial charge in [-0.2, -0.15) is 0 Å². The Balaban J connectivity index is 3.36. The van der Waals surface area contributed by atoms with E-state index in [0.717, 1.165) is 0 Å². The second-order valence-electron chi connectivity index (χ2n) is 2.19. The van der Waals surface area contributed by atoms with Crippen molar-refractivity contribution in [1.82, 2.24) is 0 Å². The van der Waals surface area contributed by atoms with Gasteiger partial charge in [-0.25, -0.2) is 0 Å². The summed E-state index contributed by atoms with van der Waals surface area (Å²) in [6, 6.07) is 2.52. The molecule has 0 aliphatic rings. The molecule has 0 atom stereocenters. The predicted octanol–water partition coefficient (Wildman–Crippen LogP) is 0.438. The molecule has 0 aliphatic heterocycles. The lowest BCUT2D eigenvalue weighted by Gasteiger charge is -2.04. The highest BCUT2D eigenvalue weighted by Gasteiger charge is 2.11. The molecule has 1 aromatic rings. The van der Waals surface area contributed by atoms with Gasteiger partial charge in [-0.1, -0.05) is 12.2 Å². The van der Waals surface area contributed by atoms with Gasteiger partial charge in [-0.05, 0) is 12.1 Å². The molecule has 0 aliphatic carbocycles. The molecule has 64 valence electrons. The van der Waals surface area contributed by atoms with Gasteiger partial charge in [0.1, 0.15) is 4.99 Å². The number of hydrogen-bond donors (Lipinski definition) is 4. The van der Waals surface area contributed by atoms with E-state index in [1.165, 1.54) is 12.1 Å². The van der Waals surface area contributed by atoms with Gasteiger partial charge in [0, 0.05) is 0 Å². The molecule has 1 aromatic carbocycles. The van der Waals surface area contributed by atoms with Crippen LogP contribution in [0.25, 0.3) is 0 Å². The van der Waals surface area contributed by atoms with Crippen LogP contribution in [0.5, 0.6) is 17.2 Å². The second-order valence-corrected chi connectivity index (χ2v) is 2.63. The van der Waals surface area contributed by atoms with E-state index in [9.17, 15) is 5.11 Å². The molecule has 0 bridgehead atoms. The number of phenolic OH excluding ortho intramolecular Hbond substituents is 3. The lowest BCUT2D eigenvalue weighted by molar-refractivity contribution is 0.367. The third-order valence-electron chi connectivity index (χ3n) is 1.40. The summed E-state index contributed by atoms with van der Waals surface area (Å²) in [6.07, 6.45) is 0. The minimum absolute atomic E-state index is 0.0391. The van der Waals surface area contributed by atoms with Crippen LogP contribution in [0.1, 0.15) is 5.56 Å². The minimum atomic E-state index is -0.611. The van der Waals surface area contributed by atoms with Crippen molar-refractivity contribution in [2.45, 2.75) is 0 Å². The van der Waals surface area contributed by atoms with E-state index in [1.54, 1.807) is 0 Å². The molecular formula is C7H7NO3S. The average Bonchev–Trinajstić information content (AvgIpc) is 2.00. The van der Waals surface area contributed by atoms with Crippen LogP contribution in [0, 0.1) is 0 Å². The van der Waals surface area contributed by atoms with E-state index in [1.807, 2.05) is 0 Å². The smallest absolute Gasteiger partial charge is 0.201 e. The van der Waals surface area contributed by atoms with Crippen molar-refractivity contribution >= 4 is 17.2 Å². The molecular weight excluding hydrogens is 178 g/mol. The molecule has 5 N–H and O–H groups in total. The average molecular weight is 185 g/mol. The molecule has 0 spiro atoms. The molecule has 1 rings (SSSR count). The van der Waals surface area contributed by atoms with Crippen molar-refractivity contribution in [2.75, 3.05) is 0 Å². The largest absolute Gasteiger partial charge is 0.504 e. The number of thiocarbonyl (C=S) groups is 1. The summed E-state index contributed by atoms with van der Waals surface area (Å²) >= 11 is 4.58. The summed E-state index contributed by atoms with van der Waals surface area (Å²) in [5, 5.41) is 27.1. The van der Waals surface area contributed by atoms with Crippen LogP contribution in [-0.2, 0) is 0 Å². The quantitative estimate of drug-likeness (QED) is 0.376. The van der Waals surface area contributed by atoms with Crippen molar-refractivity contribution in [3.8, 4) is 17.2 Å². The monoisotopic (exact) mass is 185 g/mol. The summed E-state index contributed by atoms with van der Waals surface area (Å²) in [6.45, 7) is 0. The standard InChI is InChI=1S/C7H7NO3S/c8-7(12)3-1-2-4(9)6(11)5(3)10/h1-2,9-11H,(H2,8,12). The van der Waals surface area contributed by atoms with Crippen molar-refractivity contribution in [1.29, 1.82) is 0 Å². The molecule has 12 heavy (non-hydrogen) atoms. The van der Waals surface area contributed by atoms with E-state index in [2.05, 4.69) is 12.2 Å². The maximum Gasteiger partial charge on any atom is 0.201 e. The van der Waals surface area contributed by atoms with Crippen molar-refractivity contribution in [3.05, 3.63) is 17.7 Å².